The number of carboxylic acid groups (broad SMARTS) is 2. The van der Waals surface area contributed by atoms with Crippen LogP contribution >= 0.6 is 0 Å². The molecule has 211 valence electrons. The maximum atomic E-state index is 10.5. The third-order valence-corrected chi connectivity index (χ3v) is 5.14. The summed E-state index contributed by atoms with van der Waals surface area (Å²) in [6, 6.07) is 8.07. The number of hydrogen-bond acceptors (Lipinski definition) is 8. The summed E-state index contributed by atoms with van der Waals surface area (Å²) < 4.78 is 0. The van der Waals surface area contributed by atoms with E-state index in [2.05, 4.69) is 63.7 Å². The van der Waals surface area contributed by atoms with Crippen molar-refractivity contribution in [1.82, 2.24) is 0 Å². The number of carbonyl (C=O) groups excluding carboxylic acids is 2. The van der Waals surface area contributed by atoms with E-state index in [-0.39, 0.29) is 35.3 Å². The molecule has 0 bridgehead atoms. The molecule has 0 atom stereocenters. The summed E-state index contributed by atoms with van der Waals surface area (Å²) in [5, 5.41) is 38.8. The van der Waals surface area contributed by atoms with Crippen molar-refractivity contribution in [3.63, 3.8) is 0 Å². The third-order valence-electron chi connectivity index (χ3n) is 5.14. The summed E-state index contributed by atoms with van der Waals surface area (Å²) in [5.41, 5.74) is 5.69. The monoisotopic (exact) mass is 571 g/mol. The van der Waals surface area contributed by atoms with Crippen molar-refractivity contribution >= 4 is 24.4 Å². The number of nitrogens with zero attached hydrogens (tertiary/aromatic N) is 2. The van der Waals surface area contributed by atoms with E-state index in [0.717, 1.165) is 48.9 Å². The molecule has 2 aromatic carbocycles. The second-order valence-electron chi connectivity index (χ2n) is 9.01. The van der Waals surface area contributed by atoms with E-state index in [0.29, 0.717) is 11.5 Å². The molecule has 2 rings (SSSR count). The van der Waals surface area contributed by atoms with Gasteiger partial charge in [0.1, 0.15) is 18.2 Å². The van der Waals surface area contributed by atoms with Crippen LogP contribution in [0.5, 0.6) is 11.5 Å². The molecule has 0 heterocycles. The van der Waals surface area contributed by atoms with Crippen LogP contribution in [0.2, 0.25) is 0 Å². The van der Waals surface area contributed by atoms with Gasteiger partial charge in [0, 0.05) is 35.5 Å². The van der Waals surface area contributed by atoms with E-state index in [1.165, 1.54) is 11.1 Å². The number of carbonyl (C=O) groups is 2. The molecule has 2 aromatic rings. The Morgan fingerprint density at radius 2 is 1.05 bits per heavy atom. The molecule has 1 radical (unpaired) electrons. The summed E-state index contributed by atoms with van der Waals surface area (Å²) in [7, 11) is 0. The Balaban J connectivity index is 0. The van der Waals surface area contributed by atoms with Crippen LogP contribution in [0.15, 0.2) is 34.3 Å². The van der Waals surface area contributed by atoms with Crippen molar-refractivity contribution in [2.45, 2.75) is 80.1 Å². The van der Waals surface area contributed by atoms with Crippen LogP contribution in [0.25, 0.3) is 0 Å². The smallest absolute Gasteiger partial charge is 0.550 e. The number of aryl methyl sites for hydroxylation is 2. The molecule has 9 heteroatoms. The maximum Gasteiger partial charge on any atom is 2.00 e. The molecule has 0 aliphatic carbocycles. The number of aromatic hydroxyl groups is 2. The Morgan fingerprint density at radius 1 is 0.763 bits per heavy atom. The average molecular weight is 572 g/mol. The molecule has 38 heavy (non-hydrogen) atoms. The zero-order valence-electron chi connectivity index (χ0n) is 23.5. The molecule has 0 aromatic heterocycles. The number of phenolic OH excluding ortho intramolecular Hbond substituents is 2. The molecule has 0 unspecified atom stereocenters. The fourth-order valence-electron chi connectivity index (χ4n) is 3.30. The van der Waals surface area contributed by atoms with E-state index in [9.17, 15) is 10.2 Å². The Kier molecular flexibility index (Phi) is 18.5. The van der Waals surface area contributed by atoms with Crippen molar-refractivity contribution in [3.05, 3.63) is 57.6 Å². The first-order valence-electron chi connectivity index (χ1n) is 12.3. The molecule has 0 aliphatic heterocycles. The summed E-state index contributed by atoms with van der Waals surface area (Å²) in [6.07, 6.45) is 5.17. The number of aliphatic carboxylic acids is 2. The Labute approximate surface area is 236 Å². The minimum Gasteiger partial charge on any atom is -0.550 e. The molecule has 0 saturated carbocycles. The standard InChI is InChI=1S/C25H34N2O2.2C2H4O2.Co/c1-7-18-9-20(24(28)22(11-18)16(3)4)13-26-15-27-14-21-10-19(8-2)12-23(17(5)6)25(21)29;2*1-2(3)4;/h9-14,16-17,28-29H,7-8,15H2,1-6H3;2*1H3,(H,3,4);/q;;;+2/p-2. The van der Waals surface area contributed by atoms with Gasteiger partial charge in [-0.25, -0.2) is 0 Å². The fraction of sp³-hybridized carbons (Fsp3) is 0.448. The summed E-state index contributed by atoms with van der Waals surface area (Å²) in [5.74, 6) is -1.09. The van der Waals surface area contributed by atoms with E-state index in [1.54, 1.807) is 12.4 Å². The van der Waals surface area contributed by atoms with Crippen LogP contribution in [0.3, 0.4) is 0 Å². The van der Waals surface area contributed by atoms with Crippen LogP contribution in [0, 0.1) is 0 Å². The van der Waals surface area contributed by atoms with Crippen molar-refractivity contribution in [2.75, 3.05) is 6.67 Å². The normalized spacial score (nSPS) is 10.6. The number of hydrogen-bond donors (Lipinski definition) is 2. The largest absolute Gasteiger partial charge is 2.00 e. The zero-order valence-corrected chi connectivity index (χ0v) is 24.5. The predicted molar refractivity (Wildman–Crippen MR) is 145 cm³/mol. The zero-order chi connectivity index (χ0) is 28.7. The van der Waals surface area contributed by atoms with Crippen LogP contribution in [0.1, 0.15) is 101 Å². The average Bonchev–Trinajstić information content (AvgIpc) is 2.79. The van der Waals surface area contributed by atoms with Crippen LogP contribution in [0.4, 0.5) is 0 Å². The second kappa shape index (κ2) is 19.0. The molecule has 0 saturated heterocycles. The Bertz CT molecular complexity index is 1000. The van der Waals surface area contributed by atoms with Gasteiger partial charge in [0.25, 0.3) is 0 Å². The van der Waals surface area contributed by atoms with Crippen LogP contribution in [-0.2, 0) is 39.2 Å². The summed E-state index contributed by atoms with van der Waals surface area (Å²) >= 11 is 0. The van der Waals surface area contributed by atoms with Gasteiger partial charge < -0.3 is 30.0 Å². The number of phenols is 2. The minimum atomic E-state index is -1.08. The molecule has 0 amide bonds. The number of carboxylic acids is 2. The first-order chi connectivity index (χ1) is 17.2. The van der Waals surface area contributed by atoms with Crippen LogP contribution < -0.4 is 10.2 Å². The van der Waals surface area contributed by atoms with Crippen molar-refractivity contribution in [3.8, 4) is 11.5 Å². The van der Waals surface area contributed by atoms with Gasteiger partial charge in [-0.05, 0) is 72.9 Å². The summed E-state index contributed by atoms with van der Waals surface area (Å²) in [6.45, 7) is 14.7. The molecule has 0 spiro atoms. The number of benzene rings is 2. The van der Waals surface area contributed by atoms with Gasteiger partial charge >= 0.3 is 16.8 Å². The van der Waals surface area contributed by atoms with Crippen molar-refractivity contribution in [2.24, 2.45) is 9.98 Å². The van der Waals surface area contributed by atoms with Gasteiger partial charge in [0.2, 0.25) is 0 Å². The first-order valence-corrected chi connectivity index (χ1v) is 12.3. The van der Waals surface area contributed by atoms with Gasteiger partial charge in [-0.2, -0.15) is 0 Å². The maximum absolute atomic E-state index is 10.5. The van der Waals surface area contributed by atoms with E-state index in [1.807, 2.05) is 12.1 Å². The molecule has 0 aliphatic rings. The topological polar surface area (TPSA) is 145 Å². The van der Waals surface area contributed by atoms with Gasteiger partial charge in [0.05, 0.1) is 0 Å². The predicted octanol–water partition coefficient (Wildman–Crippen LogP) is 3.47. The van der Waals surface area contributed by atoms with E-state index >= 15 is 0 Å². The second-order valence-corrected chi connectivity index (χ2v) is 9.01. The molecule has 2 N–H and O–H groups in total. The van der Waals surface area contributed by atoms with E-state index < -0.39 is 11.9 Å². The Hall–Kier alpha value is -3.17. The Morgan fingerprint density at radius 3 is 1.29 bits per heavy atom. The van der Waals surface area contributed by atoms with Gasteiger partial charge in [-0.15, -0.1) is 0 Å². The van der Waals surface area contributed by atoms with Gasteiger partial charge in [-0.3, -0.25) is 9.98 Å². The van der Waals surface area contributed by atoms with Crippen molar-refractivity contribution < 1.29 is 46.8 Å². The van der Waals surface area contributed by atoms with Crippen LogP contribution in [-0.4, -0.2) is 41.2 Å². The summed E-state index contributed by atoms with van der Waals surface area (Å²) in [4.78, 5) is 26.5. The minimum absolute atomic E-state index is 0. The third kappa shape index (κ3) is 13.9. The SMILES string of the molecule is CC(=O)[O-].CC(=O)[O-].CCc1cc(C=NCN=Cc2cc(CC)cc(C(C)C)c2O)c(O)c(C(C)C)c1.[Co+2]. The van der Waals surface area contributed by atoms with Gasteiger partial charge in [-0.1, -0.05) is 53.7 Å². The van der Waals surface area contributed by atoms with Crippen molar-refractivity contribution in [1.29, 1.82) is 0 Å². The van der Waals surface area contributed by atoms with E-state index in [4.69, 9.17) is 19.8 Å². The first kappa shape index (κ1) is 37.0. The molecular formula is C29H40CoN2O6. The quantitative estimate of drug-likeness (QED) is 0.464. The molecule has 0 fully saturated rings. The number of aliphatic imine (C=N–C) groups is 2. The molecular weight excluding hydrogens is 531 g/mol. The van der Waals surface area contributed by atoms with Gasteiger partial charge in [0.15, 0.2) is 0 Å². The number of rotatable bonds is 8. The molecule has 8 nitrogen and oxygen atoms in total. The fourth-order valence-corrected chi connectivity index (χ4v) is 3.30.